The lowest BCUT2D eigenvalue weighted by Crippen LogP contribution is -2.30. The minimum Gasteiger partial charge on any atom is -0.504 e. The first-order chi connectivity index (χ1) is 8.54. The minimum atomic E-state index is -0.545. The Labute approximate surface area is 102 Å². The summed E-state index contributed by atoms with van der Waals surface area (Å²) in [6.45, 7) is 1.57. The fourth-order valence-electron chi connectivity index (χ4n) is 1.58. The van der Waals surface area contributed by atoms with Crippen LogP contribution in [0.1, 0.15) is 16.1 Å². The van der Waals surface area contributed by atoms with Crippen LogP contribution in [0.2, 0.25) is 0 Å². The molecule has 0 aliphatic carbocycles. The van der Waals surface area contributed by atoms with Crippen LogP contribution < -0.4 is 11.3 Å². The zero-order valence-corrected chi connectivity index (χ0v) is 9.47. The molecule has 94 valence electrons. The topological polar surface area (TPSA) is 122 Å². The lowest BCUT2D eigenvalue weighted by atomic mass is 10.1. The average molecular weight is 249 g/mol. The molecule has 0 radical (unpaired) electrons. The lowest BCUT2D eigenvalue weighted by molar-refractivity contribution is 0.0952. The van der Waals surface area contributed by atoms with E-state index >= 15 is 0 Å². The zero-order valence-electron chi connectivity index (χ0n) is 9.47. The fraction of sp³-hybridized carbons (Fsp3) is 0.0909. The number of hydrogen-bond acceptors (Lipinski definition) is 6. The van der Waals surface area contributed by atoms with Gasteiger partial charge < -0.3 is 14.7 Å². The molecular formula is C11H11N3O4. The number of benzene rings is 1. The van der Waals surface area contributed by atoms with E-state index in [1.54, 1.807) is 6.92 Å². The Morgan fingerprint density at radius 2 is 2.11 bits per heavy atom. The van der Waals surface area contributed by atoms with E-state index in [2.05, 4.69) is 5.16 Å². The van der Waals surface area contributed by atoms with E-state index in [0.717, 1.165) is 0 Å². The molecule has 7 nitrogen and oxygen atoms in total. The van der Waals surface area contributed by atoms with Gasteiger partial charge in [0, 0.05) is 5.56 Å². The van der Waals surface area contributed by atoms with Crippen LogP contribution in [-0.2, 0) is 0 Å². The Morgan fingerprint density at radius 3 is 2.72 bits per heavy atom. The number of aryl methyl sites for hydroxylation is 1. The first kappa shape index (κ1) is 11.9. The van der Waals surface area contributed by atoms with Crippen molar-refractivity contribution < 1.29 is 19.5 Å². The van der Waals surface area contributed by atoms with Crippen molar-refractivity contribution in [1.82, 2.24) is 10.6 Å². The monoisotopic (exact) mass is 249 g/mol. The van der Waals surface area contributed by atoms with E-state index in [9.17, 15) is 15.0 Å². The molecule has 0 atom stereocenters. The van der Waals surface area contributed by atoms with Crippen LogP contribution in [0.4, 0.5) is 0 Å². The number of hydrazine groups is 1. The van der Waals surface area contributed by atoms with Crippen molar-refractivity contribution in [1.29, 1.82) is 0 Å². The van der Waals surface area contributed by atoms with Crippen molar-refractivity contribution in [2.24, 2.45) is 5.84 Å². The number of nitrogens with one attached hydrogen (secondary N) is 1. The summed E-state index contributed by atoms with van der Waals surface area (Å²) in [5.74, 6) is 4.26. The molecule has 2 rings (SSSR count). The molecule has 1 amide bonds. The molecule has 0 saturated carbocycles. The second-order valence-corrected chi connectivity index (χ2v) is 3.64. The lowest BCUT2D eigenvalue weighted by Gasteiger charge is -2.03. The maximum atomic E-state index is 11.6. The fourth-order valence-corrected chi connectivity index (χ4v) is 1.58. The van der Waals surface area contributed by atoms with Gasteiger partial charge in [-0.15, -0.1) is 0 Å². The highest BCUT2D eigenvalue weighted by molar-refractivity contribution is 6.00. The summed E-state index contributed by atoms with van der Waals surface area (Å²) in [5, 5.41) is 22.4. The van der Waals surface area contributed by atoms with Gasteiger partial charge in [-0.3, -0.25) is 10.2 Å². The Morgan fingerprint density at radius 1 is 1.39 bits per heavy atom. The number of aromatic hydroxyl groups is 2. The number of nitrogens with zero attached hydrogens (tertiary/aromatic N) is 1. The maximum absolute atomic E-state index is 11.6. The highest BCUT2D eigenvalue weighted by atomic mass is 16.5. The quantitative estimate of drug-likeness (QED) is 0.268. The van der Waals surface area contributed by atoms with Gasteiger partial charge in [-0.05, 0) is 25.1 Å². The molecule has 0 unspecified atom stereocenters. The van der Waals surface area contributed by atoms with Gasteiger partial charge in [-0.2, -0.15) is 0 Å². The molecule has 0 fully saturated rings. The van der Waals surface area contributed by atoms with Crippen LogP contribution in [0.3, 0.4) is 0 Å². The van der Waals surface area contributed by atoms with Gasteiger partial charge in [-0.1, -0.05) is 5.16 Å². The van der Waals surface area contributed by atoms with Crippen molar-refractivity contribution >= 4 is 5.91 Å². The number of carbonyl (C=O) groups is 1. The van der Waals surface area contributed by atoms with Gasteiger partial charge in [0.1, 0.15) is 17.0 Å². The van der Waals surface area contributed by atoms with E-state index in [-0.39, 0.29) is 22.8 Å². The summed E-state index contributed by atoms with van der Waals surface area (Å²) >= 11 is 0. The standard InChI is InChI=1S/C11H11N3O4/c1-5-9(11(17)13-12)10(14-18-5)6-2-3-7(15)8(16)4-6/h2-4,15-16H,12H2,1H3,(H,13,17). The highest BCUT2D eigenvalue weighted by Gasteiger charge is 2.21. The maximum Gasteiger partial charge on any atom is 0.271 e. The van der Waals surface area contributed by atoms with Crippen LogP contribution in [0.25, 0.3) is 11.3 Å². The largest absolute Gasteiger partial charge is 0.504 e. The Balaban J connectivity index is 2.57. The Kier molecular flexibility index (Phi) is 2.90. The van der Waals surface area contributed by atoms with E-state index in [4.69, 9.17) is 10.4 Å². The highest BCUT2D eigenvalue weighted by Crippen LogP contribution is 2.32. The molecule has 0 spiro atoms. The van der Waals surface area contributed by atoms with E-state index < -0.39 is 5.91 Å². The number of rotatable bonds is 2. The molecule has 18 heavy (non-hydrogen) atoms. The number of carbonyl (C=O) groups excluding carboxylic acids is 1. The molecule has 1 heterocycles. The molecule has 1 aromatic carbocycles. The first-order valence-electron chi connectivity index (χ1n) is 5.04. The summed E-state index contributed by atoms with van der Waals surface area (Å²) in [6, 6.07) is 4.07. The van der Waals surface area contributed by atoms with E-state index in [0.29, 0.717) is 11.3 Å². The van der Waals surface area contributed by atoms with Crippen molar-refractivity contribution in [2.45, 2.75) is 6.92 Å². The summed E-state index contributed by atoms with van der Waals surface area (Å²) in [7, 11) is 0. The molecule has 0 aliphatic heterocycles. The minimum absolute atomic E-state index is 0.183. The van der Waals surface area contributed by atoms with Crippen molar-refractivity contribution in [3.8, 4) is 22.8 Å². The third-order valence-electron chi connectivity index (χ3n) is 2.47. The van der Waals surface area contributed by atoms with Gasteiger partial charge in [0.25, 0.3) is 5.91 Å². The SMILES string of the molecule is Cc1onc(-c2ccc(O)c(O)c2)c1C(=O)NN. The zero-order chi connectivity index (χ0) is 13.3. The molecular weight excluding hydrogens is 238 g/mol. The van der Waals surface area contributed by atoms with Gasteiger partial charge in [0.2, 0.25) is 0 Å². The van der Waals surface area contributed by atoms with Crippen LogP contribution in [0, 0.1) is 6.92 Å². The third-order valence-corrected chi connectivity index (χ3v) is 2.47. The van der Waals surface area contributed by atoms with Gasteiger partial charge in [0.05, 0.1) is 0 Å². The van der Waals surface area contributed by atoms with Crippen molar-refractivity contribution in [2.75, 3.05) is 0 Å². The number of hydrogen-bond donors (Lipinski definition) is 4. The Bertz CT molecular complexity index is 606. The number of nitrogens with two attached hydrogens (primary N) is 1. The number of aromatic nitrogens is 1. The van der Waals surface area contributed by atoms with Gasteiger partial charge >= 0.3 is 0 Å². The van der Waals surface area contributed by atoms with Crippen LogP contribution in [0.15, 0.2) is 22.7 Å². The summed E-state index contributed by atoms with van der Waals surface area (Å²) < 4.78 is 4.93. The number of amides is 1. The molecule has 2 aromatic rings. The summed E-state index contributed by atoms with van der Waals surface area (Å²) in [4.78, 5) is 11.6. The second kappa shape index (κ2) is 4.38. The van der Waals surface area contributed by atoms with Gasteiger partial charge in [-0.25, -0.2) is 5.84 Å². The summed E-state index contributed by atoms with van der Waals surface area (Å²) in [6.07, 6.45) is 0. The number of phenols is 2. The van der Waals surface area contributed by atoms with Crippen LogP contribution in [-0.4, -0.2) is 21.3 Å². The predicted molar refractivity (Wildman–Crippen MR) is 61.7 cm³/mol. The number of phenolic OH excluding ortho intramolecular Hbond substituents is 2. The van der Waals surface area contributed by atoms with E-state index in [1.807, 2.05) is 5.43 Å². The predicted octanol–water partition coefficient (Wildman–Crippen LogP) is 0.665. The van der Waals surface area contributed by atoms with Crippen molar-refractivity contribution in [3.63, 3.8) is 0 Å². The third kappa shape index (κ3) is 1.87. The molecule has 5 N–H and O–H groups in total. The van der Waals surface area contributed by atoms with Crippen molar-refractivity contribution in [3.05, 3.63) is 29.5 Å². The van der Waals surface area contributed by atoms with Crippen LogP contribution >= 0.6 is 0 Å². The Hall–Kier alpha value is -2.54. The average Bonchev–Trinajstić information content (AvgIpc) is 2.74. The second-order valence-electron chi connectivity index (χ2n) is 3.64. The van der Waals surface area contributed by atoms with Gasteiger partial charge in [0.15, 0.2) is 11.5 Å². The molecule has 0 aliphatic rings. The normalized spacial score (nSPS) is 10.3. The van der Waals surface area contributed by atoms with E-state index in [1.165, 1.54) is 18.2 Å². The molecule has 0 bridgehead atoms. The summed E-state index contributed by atoms with van der Waals surface area (Å²) in [5.41, 5.74) is 2.85. The first-order valence-corrected chi connectivity index (χ1v) is 5.04. The van der Waals surface area contributed by atoms with Crippen LogP contribution in [0.5, 0.6) is 11.5 Å². The molecule has 1 aromatic heterocycles. The smallest absolute Gasteiger partial charge is 0.271 e. The number of nitrogen functional groups attached to an aromatic ring is 1. The molecule has 7 heteroatoms. The molecule has 0 saturated heterocycles.